The highest BCUT2D eigenvalue weighted by molar-refractivity contribution is 5.91. The molecule has 40 heavy (non-hydrogen) atoms. The lowest BCUT2D eigenvalue weighted by molar-refractivity contribution is 0.0681. The summed E-state index contributed by atoms with van der Waals surface area (Å²) in [6.07, 6.45) is 34.9. The Hall–Kier alpha value is -1.84. The smallest absolute Gasteiger partial charge is 0.335 e. The number of aromatic carboxylic acids is 2. The Morgan fingerprint density at radius 3 is 0.650 bits per heavy atom. The first kappa shape index (κ1) is 40.3. The maximum atomic E-state index is 10.3. The Kier molecular flexibility index (Phi) is 33.6. The molecule has 0 bridgehead atoms. The predicted molar refractivity (Wildman–Crippen MR) is 174 cm³/mol. The third kappa shape index (κ3) is 30.7. The highest BCUT2D eigenvalue weighted by atomic mass is 16.4. The van der Waals surface area contributed by atoms with Crippen LogP contribution in [0, 0.1) is 0 Å². The fourth-order valence-corrected chi connectivity index (χ4v) is 4.58. The van der Waals surface area contributed by atoms with E-state index < -0.39 is 11.9 Å². The minimum atomic E-state index is -1.06. The first-order chi connectivity index (χ1) is 19.4. The number of hydrogen-bond donors (Lipinski definition) is 2. The van der Waals surface area contributed by atoms with Crippen molar-refractivity contribution in [3.63, 3.8) is 0 Å². The van der Waals surface area contributed by atoms with Gasteiger partial charge in [0.05, 0.1) is 11.1 Å². The number of unbranched alkanes of at least 4 members (excludes halogenated alkanes) is 22. The maximum absolute atomic E-state index is 10.3. The van der Waals surface area contributed by atoms with E-state index in [1.165, 1.54) is 178 Å². The minimum Gasteiger partial charge on any atom is -0.478 e. The minimum absolute atomic E-state index is 0.0833. The van der Waals surface area contributed by atoms with Crippen LogP contribution in [0.4, 0.5) is 0 Å². The van der Waals surface area contributed by atoms with Gasteiger partial charge in [0.2, 0.25) is 0 Å². The summed E-state index contributed by atoms with van der Waals surface area (Å²) in [5.74, 6) is -2.13. The average molecular weight is 563 g/mol. The van der Waals surface area contributed by atoms with Gasteiger partial charge in [-0.3, -0.25) is 0 Å². The fourth-order valence-electron chi connectivity index (χ4n) is 4.58. The second kappa shape index (κ2) is 33.4. The van der Waals surface area contributed by atoms with Crippen molar-refractivity contribution in [3.8, 4) is 0 Å². The number of rotatable bonds is 24. The fraction of sp³-hybridized carbons (Fsp3) is 0.778. The molecule has 0 amide bonds. The molecule has 2 N–H and O–H groups in total. The van der Waals surface area contributed by atoms with Crippen LogP contribution in [0.5, 0.6) is 0 Å². The van der Waals surface area contributed by atoms with Gasteiger partial charge in [-0.1, -0.05) is 182 Å². The van der Waals surface area contributed by atoms with Gasteiger partial charge in [0.25, 0.3) is 0 Å². The molecule has 0 aromatic heterocycles. The molecule has 0 saturated heterocycles. The molecule has 0 aliphatic heterocycles. The molecule has 4 heteroatoms. The zero-order chi connectivity index (χ0) is 30.1. The number of carboxylic acids is 2. The van der Waals surface area contributed by atoms with Crippen molar-refractivity contribution in [1.29, 1.82) is 0 Å². The topological polar surface area (TPSA) is 74.6 Å². The highest BCUT2D eigenvalue weighted by Gasteiger charge is 2.04. The van der Waals surface area contributed by atoms with Gasteiger partial charge in [0.1, 0.15) is 0 Å². The van der Waals surface area contributed by atoms with Crippen molar-refractivity contribution < 1.29 is 19.8 Å². The molecule has 4 nitrogen and oxygen atoms in total. The zero-order valence-corrected chi connectivity index (χ0v) is 27.0. The van der Waals surface area contributed by atoms with Gasteiger partial charge in [-0.05, 0) is 24.3 Å². The molecular weight excluding hydrogens is 496 g/mol. The molecule has 0 heterocycles. The van der Waals surface area contributed by atoms with E-state index in [-0.39, 0.29) is 11.1 Å². The van der Waals surface area contributed by atoms with Gasteiger partial charge in [0, 0.05) is 0 Å². The SMILES string of the molecule is CCCCCCCCCCCCCC.CCCCCCCCCCCCCC.O=C(O)c1ccc(C(=O)O)cc1. The summed E-state index contributed by atoms with van der Waals surface area (Å²) >= 11 is 0. The van der Waals surface area contributed by atoms with E-state index >= 15 is 0 Å². The van der Waals surface area contributed by atoms with E-state index in [2.05, 4.69) is 27.7 Å². The molecule has 0 fully saturated rings. The van der Waals surface area contributed by atoms with Crippen molar-refractivity contribution in [1.82, 2.24) is 0 Å². The van der Waals surface area contributed by atoms with Gasteiger partial charge in [-0.2, -0.15) is 0 Å². The summed E-state index contributed by atoms with van der Waals surface area (Å²) in [6, 6.07) is 5.02. The van der Waals surface area contributed by atoms with Crippen molar-refractivity contribution in [3.05, 3.63) is 35.4 Å². The Morgan fingerprint density at radius 1 is 0.375 bits per heavy atom. The summed E-state index contributed by atoms with van der Waals surface area (Å²) in [5.41, 5.74) is 0.167. The standard InChI is InChI=1S/2C14H30.C8H6O4/c2*1-3-5-7-9-11-13-14-12-10-8-6-4-2;9-7(10)5-1-2-6(4-3-5)8(11)12/h2*3-14H2,1-2H3;1-4H,(H,9,10)(H,11,12). The van der Waals surface area contributed by atoms with Crippen LogP contribution in [0.15, 0.2) is 24.3 Å². The quantitative estimate of drug-likeness (QED) is 0.123. The summed E-state index contributed by atoms with van der Waals surface area (Å²) in [7, 11) is 0. The number of hydrogen-bond acceptors (Lipinski definition) is 2. The molecular formula is C36H66O4. The number of carbonyl (C=O) groups is 2. The first-order valence-electron chi connectivity index (χ1n) is 17.0. The summed E-state index contributed by atoms with van der Waals surface area (Å²) in [6.45, 7) is 9.14. The van der Waals surface area contributed by atoms with Crippen molar-refractivity contribution in [2.45, 2.75) is 182 Å². The van der Waals surface area contributed by atoms with Gasteiger partial charge in [0.15, 0.2) is 0 Å². The predicted octanol–water partition coefficient (Wildman–Crippen LogP) is 12.5. The van der Waals surface area contributed by atoms with Gasteiger partial charge in [-0.15, -0.1) is 0 Å². The van der Waals surface area contributed by atoms with Crippen LogP contribution in [0.3, 0.4) is 0 Å². The third-order valence-corrected chi connectivity index (χ3v) is 7.29. The normalized spacial score (nSPS) is 10.3. The summed E-state index contributed by atoms with van der Waals surface area (Å²) in [5, 5.41) is 16.9. The number of carboxylic acid groups (broad SMARTS) is 2. The van der Waals surface area contributed by atoms with Crippen LogP contribution in [0.2, 0.25) is 0 Å². The average Bonchev–Trinajstić information content (AvgIpc) is 2.96. The molecule has 0 spiro atoms. The maximum Gasteiger partial charge on any atom is 0.335 e. The molecule has 0 aliphatic rings. The van der Waals surface area contributed by atoms with Gasteiger partial charge in [-0.25, -0.2) is 9.59 Å². The second-order valence-electron chi connectivity index (χ2n) is 11.3. The van der Waals surface area contributed by atoms with E-state index in [0.29, 0.717) is 0 Å². The Morgan fingerprint density at radius 2 is 0.525 bits per heavy atom. The van der Waals surface area contributed by atoms with Gasteiger partial charge >= 0.3 is 11.9 Å². The molecule has 1 aromatic rings. The molecule has 0 aliphatic carbocycles. The van der Waals surface area contributed by atoms with Crippen molar-refractivity contribution in [2.24, 2.45) is 0 Å². The zero-order valence-electron chi connectivity index (χ0n) is 27.0. The van der Waals surface area contributed by atoms with Crippen LogP contribution in [-0.2, 0) is 0 Å². The van der Waals surface area contributed by atoms with Crippen LogP contribution in [0.1, 0.15) is 203 Å². The van der Waals surface area contributed by atoms with E-state index in [4.69, 9.17) is 10.2 Å². The van der Waals surface area contributed by atoms with Crippen molar-refractivity contribution >= 4 is 11.9 Å². The second-order valence-corrected chi connectivity index (χ2v) is 11.3. The van der Waals surface area contributed by atoms with Crippen LogP contribution >= 0.6 is 0 Å². The molecule has 234 valence electrons. The summed E-state index contributed by atoms with van der Waals surface area (Å²) < 4.78 is 0. The monoisotopic (exact) mass is 562 g/mol. The summed E-state index contributed by atoms with van der Waals surface area (Å²) in [4.78, 5) is 20.7. The van der Waals surface area contributed by atoms with E-state index in [0.717, 1.165) is 0 Å². The lowest BCUT2D eigenvalue weighted by Gasteiger charge is -2.01. The Bertz CT molecular complexity index is 572. The highest BCUT2D eigenvalue weighted by Crippen LogP contribution is 2.12. The van der Waals surface area contributed by atoms with Crippen LogP contribution < -0.4 is 0 Å². The molecule has 1 rings (SSSR count). The third-order valence-electron chi connectivity index (χ3n) is 7.29. The van der Waals surface area contributed by atoms with Crippen LogP contribution in [0.25, 0.3) is 0 Å². The van der Waals surface area contributed by atoms with Gasteiger partial charge < -0.3 is 10.2 Å². The van der Waals surface area contributed by atoms with E-state index in [1.807, 2.05) is 0 Å². The lowest BCUT2D eigenvalue weighted by Crippen LogP contribution is -1.99. The van der Waals surface area contributed by atoms with Crippen molar-refractivity contribution in [2.75, 3.05) is 0 Å². The van der Waals surface area contributed by atoms with E-state index in [1.54, 1.807) is 0 Å². The van der Waals surface area contributed by atoms with Crippen LogP contribution in [-0.4, -0.2) is 22.2 Å². The molecule has 0 saturated carbocycles. The Balaban J connectivity index is 0. The van der Waals surface area contributed by atoms with E-state index in [9.17, 15) is 9.59 Å². The lowest BCUT2D eigenvalue weighted by atomic mass is 10.1. The molecule has 1 aromatic carbocycles. The first-order valence-corrected chi connectivity index (χ1v) is 17.0. The molecule has 0 atom stereocenters. The largest absolute Gasteiger partial charge is 0.478 e. The molecule has 0 radical (unpaired) electrons. The Labute approximate surface area is 248 Å². The molecule has 0 unspecified atom stereocenters. The number of benzene rings is 1.